The first-order chi connectivity index (χ1) is 7.91. The van der Waals surface area contributed by atoms with Crippen LogP contribution in [0, 0.1) is 5.82 Å². The number of carboxylic acid groups (broad SMARTS) is 1. The summed E-state index contributed by atoms with van der Waals surface area (Å²) in [5.41, 5.74) is -1.17. The number of carboxylic acids is 1. The molecule has 0 atom stereocenters. The van der Waals surface area contributed by atoms with Gasteiger partial charge in [-0.15, -0.1) is 0 Å². The Hall–Kier alpha value is -1.42. The summed E-state index contributed by atoms with van der Waals surface area (Å²) in [5.74, 6) is -2.26. The maximum atomic E-state index is 13.2. The largest absolute Gasteiger partial charge is 0.477 e. The Morgan fingerprint density at radius 2 is 2.24 bits per heavy atom. The highest BCUT2D eigenvalue weighted by Gasteiger charge is 2.15. The van der Waals surface area contributed by atoms with E-state index in [0.717, 1.165) is 12.3 Å². The van der Waals surface area contributed by atoms with Crippen LogP contribution in [0.25, 0.3) is 11.0 Å². The minimum Gasteiger partial charge on any atom is -0.477 e. The number of rotatable bonds is 1. The zero-order valence-corrected chi connectivity index (χ0v) is 10.1. The van der Waals surface area contributed by atoms with Crippen LogP contribution in [0.5, 0.6) is 0 Å². The molecule has 0 saturated carbocycles. The van der Waals surface area contributed by atoms with Crippen LogP contribution in [0.4, 0.5) is 4.39 Å². The lowest BCUT2D eigenvalue weighted by atomic mass is 10.2. The minimum absolute atomic E-state index is 0.0939. The number of fused-ring (bicyclic) bond motifs is 1. The van der Waals surface area contributed by atoms with Crippen LogP contribution < -0.4 is 5.43 Å². The number of hydrogen-bond acceptors (Lipinski definition) is 3. The van der Waals surface area contributed by atoms with Crippen molar-refractivity contribution >= 4 is 45.1 Å². The van der Waals surface area contributed by atoms with Gasteiger partial charge in [-0.2, -0.15) is 0 Å². The first kappa shape index (κ1) is 12.1. The Labute approximate surface area is 107 Å². The topological polar surface area (TPSA) is 72.2 Å². The molecule has 2 aromatic heterocycles. The van der Waals surface area contributed by atoms with Gasteiger partial charge in [-0.25, -0.2) is 14.2 Å². The van der Waals surface area contributed by atoms with Crippen molar-refractivity contribution in [3.8, 4) is 0 Å². The second kappa shape index (κ2) is 4.11. The lowest BCUT2D eigenvalue weighted by molar-refractivity contribution is 0.0695. The van der Waals surface area contributed by atoms with E-state index in [1.807, 2.05) is 0 Å². The Bertz CT molecular complexity index is 701. The van der Waals surface area contributed by atoms with Crippen molar-refractivity contribution < 1.29 is 14.3 Å². The SMILES string of the molecule is O=C(O)c1c[n]([Al])c2nc(Cl)c(F)cc2c1=O. The molecule has 0 amide bonds. The maximum Gasteiger partial charge on any atom is 0.341 e. The summed E-state index contributed by atoms with van der Waals surface area (Å²) in [4.78, 5) is 26.2. The third kappa shape index (κ3) is 1.93. The van der Waals surface area contributed by atoms with Gasteiger partial charge in [0.25, 0.3) is 0 Å². The van der Waals surface area contributed by atoms with E-state index in [9.17, 15) is 14.0 Å². The first-order valence-corrected chi connectivity index (χ1v) is 5.21. The molecule has 84 valence electrons. The van der Waals surface area contributed by atoms with E-state index in [2.05, 4.69) is 21.5 Å². The minimum atomic E-state index is -1.39. The quantitative estimate of drug-likeness (QED) is 0.614. The van der Waals surface area contributed by atoms with Gasteiger partial charge in [0, 0.05) is 0 Å². The Morgan fingerprint density at radius 1 is 1.59 bits per heavy atom. The summed E-state index contributed by atoms with van der Waals surface area (Å²) in [6.07, 6.45) is 1.08. The summed E-state index contributed by atoms with van der Waals surface area (Å²) < 4.78 is 14.4. The summed E-state index contributed by atoms with van der Waals surface area (Å²) >= 11 is 7.64. The summed E-state index contributed by atoms with van der Waals surface area (Å²) in [5, 5.41) is 8.29. The van der Waals surface area contributed by atoms with Crippen molar-refractivity contribution in [3.63, 3.8) is 0 Å². The standard InChI is InChI=1S/C9H4ClFN2O3.Al/c10-7-5(11)1-3-6(14)4(9(15)16)2-12-8(3)13-7;/h1-2H,(H2,12,13,14,15,16);/q;+1/p-1. The van der Waals surface area contributed by atoms with Crippen LogP contribution in [-0.4, -0.2) is 36.1 Å². The lowest BCUT2D eigenvalue weighted by Gasteiger charge is -2.08. The van der Waals surface area contributed by atoms with Crippen molar-refractivity contribution in [1.82, 2.24) is 8.53 Å². The van der Waals surface area contributed by atoms with Gasteiger partial charge in [0.05, 0.1) is 5.39 Å². The number of pyridine rings is 2. The second-order valence-corrected chi connectivity index (χ2v) is 4.13. The van der Waals surface area contributed by atoms with Gasteiger partial charge >= 0.3 is 22.5 Å². The van der Waals surface area contributed by atoms with Crippen LogP contribution in [0.3, 0.4) is 0 Å². The van der Waals surface area contributed by atoms with Crippen molar-refractivity contribution in [3.05, 3.63) is 39.0 Å². The average molecular weight is 269 g/mol. The average Bonchev–Trinajstić information content (AvgIpc) is 2.25. The van der Waals surface area contributed by atoms with Crippen molar-refractivity contribution in [2.45, 2.75) is 0 Å². The molecule has 0 aliphatic rings. The Morgan fingerprint density at radius 3 is 2.82 bits per heavy atom. The van der Waals surface area contributed by atoms with Crippen LogP contribution in [-0.2, 0) is 0 Å². The van der Waals surface area contributed by atoms with Crippen LogP contribution in [0.15, 0.2) is 17.1 Å². The smallest absolute Gasteiger partial charge is 0.341 e. The van der Waals surface area contributed by atoms with E-state index in [0.29, 0.717) is 0 Å². The van der Waals surface area contributed by atoms with Gasteiger partial charge in [0.1, 0.15) is 11.2 Å². The monoisotopic (exact) mass is 268 g/mol. The molecule has 2 rings (SSSR count). The molecule has 0 saturated heterocycles. The summed E-state index contributed by atoms with van der Waals surface area (Å²) in [7, 11) is 0. The molecule has 1 N–H and O–H groups in total. The number of carbonyl (C=O) groups is 1. The van der Waals surface area contributed by atoms with Crippen LogP contribution in [0.2, 0.25) is 5.15 Å². The fraction of sp³-hybridized carbons (Fsp3) is 0. The number of nitrogens with zero attached hydrogens (tertiary/aromatic N) is 2. The third-order valence-electron chi connectivity index (χ3n) is 2.15. The molecule has 0 fully saturated rings. The van der Waals surface area contributed by atoms with Gasteiger partial charge in [-0.05, 0) is 12.3 Å². The first-order valence-electron chi connectivity index (χ1n) is 4.31. The third-order valence-corrected chi connectivity index (χ3v) is 2.80. The fourth-order valence-electron chi connectivity index (χ4n) is 1.38. The fourth-order valence-corrected chi connectivity index (χ4v) is 1.86. The number of aromatic nitrogens is 2. The molecule has 17 heavy (non-hydrogen) atoms. The van der Waals surface area contributed by atoms with E-state index in [-0.39, 0.29) is 16.2 Å². The van der Waals surface area contributed by atoms with E-state index in [4.69, 9.17) is 16.7 Å². The van der Waals surface area contributed by atoms with Crippen molar-refractivity contribution in [2.24, 2.45) is 0 Å². The Kier molecular flexibility index (Phi) is 2.91. The lowest BCUT2D eigenvalue weighted by Crippen LogP contribution is -2.19. The van der Waals surface area contributed by atoms with E-state index in [1.54, 1.807) is 0 Å². The second-order valence-electron chi connectivity index (χ2n) is 3.22. The zero-order valence-electron chi connectivity index (χ0n) is 8.15. The predicted molar refractivity (Wildman–Crippen MR) is 59.1 cm³/mol. The molecule has 0 bridgehead atoms. The zero-order chi connectivity index (χ0) is 12.7. The van der Waals surface area contributed by atoms with Crippen molar-refractivity contribution in [2.75, 3.05) is 0 Å². The van der Waals surface area contributed by atoms with E-state index in [1.165, 1.54) is 3.55 Å². The molecule has 2 heterocycles. The highest BCUT2D eigenvalue weighted by atomic mass is 35.5. The van der Waals surface area contributed by atoms with Crippen molar-refractivity contribution in [1.29, 1.82) is 0 Å². The number of hydrogen-bond donors (Lipinski definition) is 1. The molecule has 0 aliphatic carbocycles. The van der Waals surface area contributed by atoms with Gasteiger partial charge < -0.3 is 8.66 Å². The molecular weight excluding hydrogens is 266 g/mol. The molecule has 0 unspecified atom stereocenters. The molecule has 0 aliphatic heterocycles. The van der Waals surface area contributed by atoms with Gasteiger partial charge in [-0.3, -0.25) is 4.79 Å². The molecule has 2 aromatic rings. The number of aromatic carboxylic acids is 1. The summed E-state index contributed by atoms with van der Waals surface area (Å²) in [6.45, 7) is 0. The molecule has 2 radical (unpaired) electrons. The molecule has 0 aromatic carbocycles. The van der Waals surface area contributed by atoms with Gasteiger partial charge in [0.15, 0.2) is 11.0 Å². The normalized spacial score (nSPS) is 10.7. The predicted octanol–water partition coefficient (Wildman–Crippen LogP) is 0.819. The van der Waals surface area contributed by atoms with Gasteiger partial charge in [0.2, 0.25) is 5.43 Å². The molecular formula is C9H3AlClFN2O3. The molecule has 8 heteroatoms. The highest BCUT2D eigenvalue weighted by molar-refractivity contribution is 6.30. The van der Waals surface area contributed by atoms with E-state index >= 15 is 0 Å². The number of halogens is 2. The van der Waals surface area contributed by atoms with Crippen LogP contribution in [0.1, 0.15) is 10.4 Å². The highest BCUT2D eigenvalue weighted by Crippen LogP contribution is 2.16. The van der Waals surface area contributed by atoms with Gasteiger partial charge in [-0.1, -0.05) is 11.6 Å². The van der Waals surface area contributed by atoms with E-state index < -0.39 is 22.8 Å². The maximum absolute atomic E-state index is 13.2. The molecule has 5 nitrogen and oxygen atoms in total. The summed E-state index contributed by atoms with van der Waals surface area (Å²) in [6, 6.07) is 0.875. The molecule has 0 spiro atoms. The van der Waals surface area contributed by atoms with Crippen LogP contribution >= 0.6 is 11.6 Å². The Balaban J connectivity index is 2.99.